The molecule has 2 aromatic rings. The number of carbonyl (C=O) groups excluding carboxylic acids is 1. The lowest BCUT2D eigenvalue weighted by Crippen LogP contribution is -2.28. The van der Waals surface area contributed by atoms with Crippen LogP contribution in [-0.4, -0.2) is 21.0 Å². The Bertz CT molecular complexity index is 444. The molecule has 0 aromatic carbocycles. The van der Waals surface area contributed by atoms with E-state index in [1.165, 1.54) is 23.7 Å². The van der Waals surface area contributed by atoms with Gasteiger partial charge in [0.25, 0.3) is 0 Å². The molecule has 0 atom stereocenters. The van der Waals surface area contributed by atoms with Gasteiger partial charge in [0, 0.05) is 24.0 Å². The van der Waals surface area contributed by atoms with Gasteiger partial charge in [0.05, 0.1) is 12.7 Å². The summed E-state index contributed by atoms with van der Waals surface area (Å²) < 4.78 is 0. The maximum Gasteiger partial charge on any atom is 0.320 e. The molecule has 0 saturated heterocycles. The summed E-state index contributed by atoms with van der Waals surface area (Å²) in [6, 6.07) is -0.323. The SMILES string of the molecule is O=C(NCc1nccs1)Nc1cnccn1. The molecule has 2 heterocycles. The molecule has 2 rings (SSSR count). The van der Waals surface area contributed by atoms with E-state index < -0.39 is 0 Å². The number of carbonyl (C=O) groups is 1. The molecule has 0 aliphatic heterocycles. The average molecular weight is 235 g/mol. The Morgan fingerprint density at radius 3 is 2.94 bits per heavy atom. The molecule has 16 heavy (non-hydrogen) atoms. The minimum absolute atomic E-state index is 0.323. The van der Waals surface area contributed by atoms with E-state index in [2.05, 4.69) is 25.6 Å². The first-order valence-electron chi connectivity index (χ1n) is 4.54. The van der Waals surface area contributed by atoms with Gasteiger partial charge in [0.1, 0.15) is 5.01 Å². The zero-order valence-electron chi connectivity index (χ0n) is 8.25. The third-order valence-corrected chi connectivity index (χ3v) is 2.47. The van der Waals surface area contributed by atoms with Gasteiger partial charge in [-0.05, 0) is 0 Å². The van der Waals surface area contributed by atoms with Gasteiger partial charge in [-0.1, -0.05) is 0 Å². The van der Waals surface area contributed by atoms with Gasteiger partial charge in [-0.15, -0.1) is 11.3 Å². The molecule has 0 aliphatic rings. The van der Waals surface area contributed by atoms with Crippen LogP contribution in [0.2, 0.25) is 0 Å². The van der Waals surface area contributed by atoms with Gasteiger partial charge in [-0.25, -0.2) is 14.8 Å². The summed E-state index contributed by atoms with van der Waals surface area (Å²) in [6.45, 7) is 0.407. The Hall–Kier alpha value is -2.02. The molecule has 0 bridgehead atoms. The quantitative estimate of drug-likeness (QED) is 0.839. The summed E-state index contributed by atoms with van der Waals surface area (Å²) >= 11 is 1.49. The number of urea groups is 1. The molecule has 0 fully saturated rings. The van der Waals surface area contributed by atoms with Crippen LogP contribution < -0.4 is 10.6 Å². The Labute approximate surface area is 95.8 Å². The van der Waals surface area contributed by atoms with Crippen LogP contribution in [0.15, 0.2) is 30.2 Å². The van der Waals surface area contributed by atoms with Crippen LogP contribution in [0.4, 0.5) is 10.6 Å². The highest BCUT2D eigenvalue weighted by atomic mass is 32.1. The zero-order valence-corrected chi connectivity index (χ0v) is 9.07. The molecule has 7 heteroatoms. The first kappa shape index (κ1) is 10.5. The van der Waals surface area contributed by atoms with Gasteiger partial charge in [0.15, 0.2) is 5.82 Å². The predicted octanol–water partition coefficient (Wildman–Crippen LogP) is 1.25. The van der Waals surface area contributed by atoms with Crippen molar-refractivity contribution >= 4 is 23.2 Å². The van der Waals surface area contributed by atoms with Crippen molar-refractivity contribution in [3.63, 3.8) is 0 Å². The van der Waals surface area contributed by atoms with E-state index in [9.17, 15) is 4.79 Å². The summed E-state index contributed by atoms with van der Waals surface area (Å²) in [5.74, 6) is 0.416. The van der Waals surface area contributed by atoms with Crippen molar-refractivity contribution in [3.8, 4) is 0 Å². The zero-order chi connectivity index (χ0) is 11.2. The summed E-state index contributed by atoms with van der Waals surface area (Å²) in [5.41, 5.74) is 0. The summed E-state index contributed by atoms with van der Waals surface area (Å²) in [5, 5.41) is 7.94. The molecule has 0 saturated carbocycles. The van der Waals surface area contributed by atoms with Gasteiger partial charge >= 0.3 is 6.03 Å². The van der Waals surface area contributed by atoms with E-state index in [0.29, 0.717) is 12.4 Å². The second-order valence-electron chi connectivity index (χ2n) is 2.82. The van der Waals surface area contributed by atoms with Crippen molar-refractivity contribution in [2.24, 2.45) is 0 Å². The molecule has 2 aromatic heterocycles. The predicted molar refractivity (Wildman–Crippen MR) is 60.0 cm³/mol. The van der Waals surface area contributed by atoms with Crippen molar-refractivity contribution in [1.82, 2.24) is 20.3 Å². The Kier molecular flexibility index (Phi) is 3.39. The molecule has 82 valence electrons. The molecule has 0 radical (unpaired) electrons. The minimum Gasteiger partial charge on any atom is -0.331 e. The van der Waals surface area contributed by atoms with Crippen LogP contribution in [-0.2, 0) is 6.54 Å². The topological polar surface area (TPSA) is 79.8 Å². The number of rotatable bonds is 3. The van der Waals surface area contributed by atoms with Crippen LogP contribution in [0.25, 0.3) is 0 Å². The highest BCUT2D eigenvalue weighted by Crippen LogP contribution is 2.03. The Morgan fingerprint density at radius 1 is 1.31 bits per heavy atom. The van der Waals surface area contributed by atoms with Crippen molar-refractivity contribution < 1.29 is 4.79 Å². The van der Waals surface area contributed by atoms with Gasteiger partial charge in [-0.2, -0.15) is 0 Å². The average Bonchev–Trinajstić information content (AvgIpc) is 2.81. The van der Waals surface area contributed by atoms with E-state index in [1.807, 2.05) is 5.38 Å². The first-order valence-corrected chi connectivity index (χ1v) is 5.42. The van der Waals surface area contributed by atoms with Crippen molar-refractivity contribution in [2.45, 2.75) is 6.54 Å². The molecule has 2 N–H and O–H groups in total. The van der Waals surface area contributed by atoms with Crippen LogP contribution in [0, 0.1) is 0 Å². The van der Waals surface area contributed by atoms with Crippen LogP contribution in [0.1, 0.15) is 5.01 Å². The van der Waals surface area contributed by atoms with Crippen LogP contribution in [0.5, 0.6) is 0 Å². The second kappa shape index (κ2) is 5.17. The van der Waals surface area contributed by atoms with E-state index >= 15 is 0 Å². The summed E-state index contributed by atoms with van der Waals surface area (Å²) in [7, 11) is 0. The number of amides is 2. The highest BCUT2D eigenvalue weighted by Gasteiger charge is 2.02. The minimum atomic E-state index is -0.323. The number of nitrogens with one attached hydrogen (secondary N) is 2. The second-order valence-corrected chi connectivity index (χ2v) is 3.80. The van der Waals surface area contributed by atoms with Crippen molar-refractivity contribution in [3.05, 3.63) is 35.2 Å². The standard InChI is InChI=1S/C9H9N5OS/c15-9(13-6-8-12-3-4-16-8)14-7-5-10-1-2-11-7/h1-5H,6H2,(H2,11,13,14,15). The molecule has 0 spiro atoms. The molecule has 6 nitrogen and oxygen atoms in total. The molecular weight excluding hydrogens is 226 g/mol. The van der Waals surface area contributed by atoms with Crippen LogP contribution >= 0.6 is 11.3 Å². The van der Waals surface area contributed by atoms with E-state index in [0.717, 1.165) is 5.01 Å². The van der Waals surface area contributed by atoms with Crippen LogP contribution in [0.3, 0.4) is 0 Å². The first-order chi connectivity index (χ1) is 7.84. The fraction of sp³-hybridized carbons (Fsp3) is 0.111. The van der Waals surface area contributed by atoms with E-state index in [-0.39, 0.29) is 6.03 Å². The van der Waals surface area contributed by atoms with Crippen molar-refractivity contribution in [2.75, 3.05) is 5.32 Å². The number of aromatic nitrogens is 3. The monoisotopic (exact) mass is 235 g/mol. The van der Waals surface area contributed by atoms with Gasteiger partial charge in [0.2, 0.25) is 0 Å². The van der Waals surface area contributed by atoms with E-state index in [1.54, 1.807) is 12.4 Å². The largest absolute Gasteiger partial charge is 0.331 e. The molecule has 0 unspecified atom stereocenters. The third kappa shape index (κ3) is 2.99. The number of hydrogen-bond acceptors (Lipinski definition) is 5. The fourth-order valence-electron chi connectivity index (χ4n) is 1.02. The van der Waals surface area contributed by atoms with Gasteiger partial charge < -0.3 is 5.32 Å². The number of anilines is 1. The Morgan fingerprint density at radius 2 is 2.25 bits per heavy atom. The van der Waals surface area contributed by atoms with Crippen molar-refractivity contribution in [1.29, 1.82) is 0 Å². The number of nitrogens with zero attached hydrogens (tertiary/aromatic N) is 3. The lowest BCUT2D eigenvalue weighted by atomic mass is 10.6. The smallest absolute Gasteiger partial charge is 0.320 e. The summed E-state index contributed by atoms with van der Waals surface area (Å²) in [4.78, 5) is 23.2. The molecular formula is C9H9N5OS. The Balaban J connectivity index is 1.81. The summed E-state index contributed by atoms with van der Waals surface area (Å²) in [6.07, 6.45) is 6.22. The normalized spacial score (nSPS) is 9.75. The lowest BCUT2D eigenvalue weighted by Gasteiger charge is -2.04. The number of thiazole rings is 1. The molecule has 0 aliphatic carbocycles. The molecule has 2 amide bonds. The lowest BCUT2D eigenvalue weighted by molar-refractivity contribution is 0.251. The fourth-order valence-corrected chi connectivity index (χ4v) is 1.58. The maximum absolute atomic E-state index is 11.4. The maximum atomic E-state index is 11.4. The van der Waals surface area contributed by atoms with E-state index in [4.69, 9.17) is 0 Å². The third-order valence-electron chi connectivity index (χ3n) is 1.69. The number of hydrogen-bond donors (Lipinski definition) is 2. The highest BCUT2D eigenvalue weighted by molar-refractivity contribution is 7.09. The van der Waals surface area contributed by atoms with Gasteiger partial charge in [-0.3, -0.25) is 10.3 Å².